The molecule has 8 nitrogen and oxygen atoms in total. The Hall–Kier alpha value is -4.30. The van der Waals surface area contributed by atoms with Crippen LogP contribution in [0.15, 0.2) is 72.9 Å². The number of carbonyl (C=O) groups excluding carboxylic acids is 1. The summed E-state index contributed by atoms with van der Waals surface area (Å²) in [7, 11) is 5.01. The minimum Gasteiger partial charge on any atom is -0.497 e. The predicted molar refractivity (Wildman–Crippen MR) is 153 cm³/mol. The van der Waals surface area contributed by atoms with Crippen LogP contribution in [0.5, 0.6) is 17.2 Å². The quantitative estimate of drug-likeness (QED) is 0.311. The number of hydrogen-bond acceptors (Lipinski definition) is 6. The number of benzene rings is 3. The molecule has 1 aliphatic rings. The Bertz CT molecular complexity index is 1450. The Kier molecular flexibility index (Phi) is 8.13. The van der Waals surface area contributed by atoms with Gasteiger partial charge in [-0.05, 0) is 65.9 Å². The third kappa shape index (κ3) is 5.91. The molecule has 0 spiro atoms. The van der Waals surface area contributed by atoms with E-state index >= 15 is 0 Å². The van der Waals surface area contributed by atoms with Crippen molar-refractivity contribution in [3.8, 4) is 17.2 Å². The highest BCUT2D eigenvalue weighted by molar-refractivity contribution is 6.00. The van der Waals surface area contributed by atoms with Crippen LogP contribution >= 0.6 is 0 Å². The Labute approximate surface area is 228 Å². The molecule has 3 aromatic carbocycles. The van der Waals surface area contributed by atoms with Gasteiger partial charge in [0.2, 0.25) is 0 Å². The SMILES string of the molecule is COc1cccc(CC2c3cc(OC)c(OC)cc3CCN2CCNC(=O)Nc2ccnc3ccccc23)c1. The number of ether oxygens (including phenoxy) is 3. The van der Waals surface area contributed by atoms with Crippen LogP contribution < -0.4 is 24.8 Å². The van der Waals surface area contributed by atoms with Gasteiger partial charge in [-0.2, -0.15) is 0 Å². The fraction of sp³-hybridized carbons (Fsp3) is 0.290. The van der Waals surface area contributed by atoms with Crippen molar-refractivity contribution in [3.63, 3.8) is 0 Å². The van der Waals surface area contributed by atoms with E-state index < -0.39 is 0 Å². The third-order valence-corrected chi connectivity index (χ3v) is 7.26. The van der Waals surface area contributed by atoms with E-state index in [-0.39, 0.29) is 12.1 Å². The van der Waals surface area contributed by atoms with Gasteiger partial charge in [-0.15, -0.1) is 0 Å². The highest BCUT2D eigenvalue weighted by Gasteiger charge is 2.29. The van der Waals surface area contributed by atoms with E-state index in [9.17, 15) is 4.79 Å². The van der Waals surface area contributed by atoms with Gasteiger partial charge in [0.25, 0.3) is 0 Å². The summed E-state index contributed by atoms with van der Waals surface area (Å²) >= 11 is 0. The van der Waals surface area contributed by atoms with Gasteiger partial charge >= 0.3 is 6.03 Å². The number of pyridine rings is 1. The number of anilines is 1. The predicted octanol–water partition coefficient (Wildman–Crippen LogP) is 5.22. The van der Waals surface area contributed by atoms with Crippen molar-refractivity contribution in [3.05, 3.63) is 89.6 Å². The second-order valence-electron chi connectivity index (χ2n) is 9.52. The van der Waals surface area contributed by atoms with Crippen LogP contribution in [0, 0.1) is 0 Å². The third-order valence-electron chi connectivity index (χ3n) is 7.26. The molecule has 1 unspecified atom stereocenters. The lowest BCUT2D eigenvalue weighted by molar-refractivity contribution is 0.183. The molecule has 0 bridgehead atoms. The monoisotopic (exact) mass is 526 g/mol. The molecule has 1 aromatic heterocycles. The van der Waals surface area contributed by atoms with Crippen LogP contribution in [0.3, 0.4) is 0 Å². The molecule has 0 aliphatic carbocycles. The van der Waals surface area contributed by atoms with Crippen molar-refractivity contribution in [2.24, 2.45) is 0 Å². The van der Waals surface area contributed by atoms with E-state index in [1.807, 2.05) is 42.5 Å². The Balaban J connectivity index is 1.32. The first-order valence-corrected chi connectivity index (χ1v) is 13.1. The van der Waals surface area contributed by atoms with Gasteiger partial charge in [0.15, 0.2) is 11.5 Å². The van der Waals surface area contributed by atoms with Crippen molar-refractivity contribution in [2.75, 3.05) is 46.3 Å². The van der Waals surface area contributed by atoms with Gasteiger partial charge in [0, 0.05) is 37.3 Å². The summed E-state index contributed by atoms with van der Waals surface area (Å²) in [6.45, 7) is 2.08. The first kappa shape index (κ1) is 26.3. The van der Waals surface area contributed by atoms with E-state index in [4.69, 9.17) is 14.2 Å². The molecule has 8 heteroatoms. The van der Waals surface area contributed by atoms with E-state index in [2.05, 4.69) is 44.8 Å². The fourth-order valence-corrected chi connectivity index (χ4v) is 5.29. The molecule has 39 heavy (non-hydrogen) atoms. The van der Waals surface area contributed by atoms with Gasteiger partial charge in [-0.1, -0.05) is 30.3 Å². The molecule has 0 fully saturated rings. The normalized spacial score (nSPS) is 14.9. The molecule has 2 heterocycles. The molecular weight excluding hydrogens is 492 g/mol. The molecule has 0 radical (unpaired) electrons. The van der Waals surface area contributed by atoms with Crippen molar-refractivity contribution < 1.29 is 19.0 Å². The first-order chi connectivity index (χ1) is 19.1. The van der Waals surface area contributed by atoms with Crippen LogP contribution in [0.4, 0.5) is 10.5 Å². The lowest BCUT2D eigenvalue weighted by Gasteiger charge is -2.38. The zero-order valence-corrected chi connectivity index (χ0v) is 22.6. The number of amides is 2. The van der Waals surface area contributed by atoms with Crippen LogP contribution in [-0.2, 0) is 12.8 Å². The second-order valence-corrected chi connectivity index (χ2v) is 9.52. The van der Waals surface area contributed by atoms with Crippen molar-refractivity contribution in [1.82, 2.24) is 15.2 Å². The minimum atomic E-state index is -0.237. The molecule has 0 saturated heterocycles. The van der Waals surface area contributed by atoms with Crippen LogP contribution in [0.1, 0.15) is 22.7 Å². The van der Waals surface area contributed by atoms with Crippen molar-refractivity contribution in [2.45, 2.75) is 18.9 Å². The van der Waals surface area contributed by atoms with E-state index in [0.29, 0.717) is 13.1 Å². The average Bonchev–Trinajstić information content (AvgIpc) is 2.97. The summed E-state index contributed by atoms with van der Waals surface area (Å²) in [5.74, 6) is 2.30. The van der Waals surface area contributed by atoms with Gasteiger partial charge in [-0.3, -0.25) is 9.88 Å². The minimum absolute atomic E-state index is 0.106. The second kappa shape index (κ2) is 12.0. The highest BCUT2D eigenvalue weighted by atomic mass is 16.5. The summed E-state index contributed by atoms with van der Waals surface area (Å²) in [4.78, 5) is 19.6. The topological polar surface area (TPSA) is 85.0 Å². The number of para-hydroxylation sites is 1. The molecule has 1 aliphatic heterocycles. The summed E-state index contributed by atoms with van der Waals surface area (Å²) in [6, 6.07) is 21.8. The molecule has 0 saturated carbocycles. The number of fused-ring (bicyclic) bond motifs is 2. The fourth-order valence-electron chi connectivity index (χ4n) is 5.29. The van der Waals surface area contributed by atoms with Crippen LogP contribution in [-0.4, -0.2) is 56.9 Å². The maximum atomic E-state index is 12.8. The number of urea groups is 1. The number of aromatic nitrogens is 1. The number of hydrogen-bond donors (Lipinski definition) is 2. The molecule has 2 N–H and O–H groups in total. The lowest BCUT2D eigenvalue weighted by Crippen LogP contribution is -2.42. The average molecular weight is 527 g/mol. The van der Waals surface area contributed by atoms with Crippen molar-refractivity contribution >= 4 is 22.6 Å². The zero-order chi connectivity index (χ0) is 27.2. The Morgan fingerprint density at radius 2 is 1.79 bits per heavy atom. The van der Waals surface area contributed by atoms with E-state index in [1.54, 1.807) is 27.5 Å². The first-order valence-electron chi connectivity index (χ1n) is 13.1. The largest absolute Gasteiger partial charge is 0.497 e. The standard InChI is InChI=1S/C31H34N4O4/c1-37-23-8-6-7-21(17-23)18-28-25-20-30(39-3)29(38-2)19-22(25)12-15-35(28)16-14-33-31(36)34-27-11-13-32-26-10-5-4-9-24(26)27/h4-11,13,17,19-20,28H,12,14-16,18H2,1-3H3,(H2,32,33,34,36). The number of nitrogens with zero attached hydrogens (tertiary/aromatic N) is 2. The Morgan fingerprint density at radius 3 is 2.62 bits per heavy atom. The maximum absolute atomic E-state index is 12.8. The van der Waals surface area contributed by atoms with E-state index in [0.717, 1.165) is 53.2 Å². The molecular formula is C31H34N4O4. The number of nitrogens with one attached hydrogen (secondary N) is 2. The van der Waals surface area contributed by atoms with Crippen LogP contribution in [0.25, 0.3) is 10.9 Å². The van der Waals surface area contributed by atoms with Gasteiger partial charge < -0.3 is 24.8 Å². The summed E-state index contributed by atoms with van der Waals surface area (Å²) < 4.78 is 16.7. The number of carbonyl (C=O) groups is 1. The summed E-state index contributed by atoms with van der Waals surface area (Å²) in [6.07, 6.45) is 3.39. The lowest BCUT2D eigenvalue weighted by atomic mass is 9.88. The maximum Gasteiger partial charge on any atom is 0.319 e. The molecule has 4 aromatic rings. The van der Waals surface area contributed by atoms with Gasteiger partial charge in [0.05, 0.1) is 32.5 Å². The zero-order valence-electron chi connectivity index (χ0n) is 22.6. The molecule has 1 atom stereocenters. The summed E-state index contributed by atoms with van der Waals surface area (Å²) in [5, 5.41) is 6.92. The Morgan fingerprint density at radius 1 is 0.974 bits per heavy atom. The number of rotatable bonds is 9. The van der Waals surface area contributed by atoms with E-state index in [1.165, 1.54) is 16.7 Å². The number of methoxy groups -OCH3 is 3. The highest BCUT2D eigenvalue weighted by Crippen LogP contribution is 2.39. The summed E-state index contributed by atoms with van der Waals surface area (Å²) in [5.41, 5.74) is 5.24. The molecule has 202 valence electrons. The van der Waals surface area contributed by atoms with Crippen LogP contribution in [0.2, 0.25) is 0 Å². The smallest absolute Gasteiger partial charge is 0.319 e. The molecule has 5 rings (SSSR count). The van der Waals surface area contributed by atoms with Crippen molar-refractivity contribution in [1.29, 1.82) is 0 Å². The molecule has 2 amide bonds. The van der Waals surface area contributed by atoms with Gasteiger partial charge in [0.1, 0.15) is 5.75 Å². The van der Waals surface area contributed by atoms with Gasteiger partial charge in [-0.25, -0.2) is 4.79 Å².